The van der Waals surface area contributed by atoms with Gasteiger partial charge in [0.15, 0.2) is 8.32 Å². The van der Waals surface area contributed by atoms with E-state index in [2.05, 4.69) is 33.9 Å². The number of hydrogen-bond donors (Lipinski definition) is 0. The molecule has 0 aromatic carbocycles. The van der Waals surface area contributed by atoms with Crippen LogP contribution in [0.4, 0.5) is 0 Å². The van der Waals surface area contributed by atoms with Crippen molar-refractivity contribution < 1.29 is 18.8 Å². The highest BCUT2D eigenvalue weighted by atomic mass is 28.4. The first-order chi connectivity index (χ1) is 10.1. The monoisotopic (exact) mass is 328 g/mol. The van der Waals surface area contributed by atoms with Crippen LogP contribution in [0, 0.1) is 5.41 Å². The lowest BCUT2D eigenvalue weighted by molar-refractivity contribution is -0.160. The van der Waals surface area contributed by atoms with Crippen LogP contribution in [0.1, 0.15) is 59.8 Å². The zero-order valence-electron chi connectivity index (χ0n) is 15.0. The van der Waals surface area contributed by atoms with Gasteiger partial charge in [0.1, 0.15) is 6.29 Å². The summed E-state index contributed by atoms with van der Waals surface area (Å²) in [6.07, 6.45) is 4.35. The van der Waals surface area contributed by atoms with Crippen LogP contribution in [-0.4, -0.2) is 33.3 Å². The van der Waals surface area contributed by atoms with Crippen molar-refractivity contribution >= 4 is 20.6 Å². The zero-order valence-corrected chi connectivity index (χ0v) is 16.0. The van der Waals surface area contributed by atoms with Crippen LogP contribution in [0.2, 0.25) is 18.1 Å². The smallest absolute Gasteiger partial charge is 0.312 e. The average Bonchev–Trinajstić information content (AvgIpc) is 2.40. The lowest BCUT2D eigenvalue weighted by atomic mass is 9.71. The van der Waals surface area contributed by atoms with Crippen LogP contribution in [0.3, 0.4) is 0 Å². The number of esters is 1. The molecule has 0 aliphatic heterocycles. The molecule has 0 atom stereocenters. The first-order valence-corrected chi connectivity index (χ1v) is 11.3. The minimum absolute atomic E-state index is 0.186. The van der Waals surface area contributed by atoms with E-state index in [4.69, 9.17) is 9.16 Å². The highest BCUT2D eigenvalue weighted by Gasteiger charge is 2.45. The fraction of sp³-hybridized carbons (Fsp3) is 0.882. The Morgan fingerprint density at radius 3 is 2.23 bits per heavy atom. The van der Waals surface area contributed by atoms with Gasteiger partial charge in [-0.05, 0) is 50.7 Å². The van der Waals surface area contributed by atoms with Crippen molar-refractivity contribution in [1.82, 2.24) is 0 Å². The van der Waals surface area contributed by atoms with Gasteiger partial charge in [-0.1, -0.05) is 20.8 Å². The summed E-state index contributed by atoms with van der Waals surface area (Å²) in [5.74, 6) is -0.215. The molecule has 5 heteroatoms. The van der Waals surface area contributed by atoms with E-state index in [9.17, 15) is 9.59 Å². The van der Waals surface area contributed by atoms with Gasteiger partial charge in [0, 0.05) is 12.5 Å². The molecule has 0 aromatic heterocycles. The van der Waals surface area contributed by atoms with Gasteiger partial charge in [0.05, 0.1) is 12.0 Å². The molecule has 22 heavy (non-hydrogen) atoms. The molecule has 0 aromatic rings. The van der Waals surface area contributed by atoms with Crippen LogP contribution in [0.5, 0.6) is 0 Å². The number of ether oxygens (including phenoxy) is 1. The van der Waals surface area contributed by atoms with Crippen molar-refractivity contribution in [2.24, 2.45) is 5.41 Å². The second-order valence-electron chi connectivity index (χ2n) is 7.95. The largest absolute Gasteiger partial charge is 0.466 e. The second-order valence-corrected chi connectivity index (χ2v) is 12.7. The summed E-state index contributed by atoms with van der Waals surface area (Å²) >= 11 is 0. The van der Waals surface area contributed by atoms with E-state index in [1.807, 2.05) is 0 Å². The highest BCUT2D eigenvalue weighted by Crippen LogP contribution is 2.44. The van der Waals surface area contributed by atoms with E-state index < -0.39 is 13.7 Å². The van der Waals surface area contributed by atoms with Gasteiger partial charge in [0.2, 0.25) is 0 Å². The minimum atomic E-state index is -1.79. The van der Waals surface area contributed by atoms with Crippen molar-refractivity contribution in [2.75, 3.05) is 6.61 Å². The lowest BCUT2D eigenvalue weighted by Crippen LogP contribution is -2.46. The topological polar surface area (TPSA) is 52.6 Å². The Morgan fingerprint density at radius 2 is 1.82 bits per heavy atom. The van der Waals surface area contributed by atoms with Gasteiger partial charge < -0.3 is 14.0 Å². The van der Waals surface area contributed by atoms with Crippen LogP contribution in [0.15, 0.2) is 0 Å². The normalized spacial score (nSPS) is 26.5. The summed E-state index contributed by atoms with van der Waals surface area (Å²) in [6.45, 7) is 13.4. The van der Waals surface area contributed by atoms with Gasteiger partial charge in [-0.2, -0.15) is 0 Å². The summed E-state index contributed by atoms with van der Waals surface area (Å²) in [4.78, 5) is 23.2. The molecule has 1 rings (SSSR count). The first kappa shape index (κ1) is 19.4. The van der Waals surface area contributed by atoms with Crippen molar-refractivity contribution in [3.8, 4) is 0 Å². The summed E-state index contributed by atoms with van der Waals surface area (Å²) < 4.78 is 11.7. The molecule has 0 amide bonds. The van der Waals surface area contributed by atoms with Crippen molar-refractivity contribution in [1.29, 1.82) is 0 Å². The van der Waals surface area contributed by atoms with E-state index in [0.29, 0.717) is 19.4 Å². The third-order valence-electron chi connectivity index (χ3n) is 5.34. The van der Waals surface area contributed by atoms with Crippen LogP contribution in [0.25, 0.3) is 0 Å². The Kier molecular flexibility index (Phi) is 6.39. The molecule has 4 nitrogen and oxygen atoms in total. The second kappa shape index (κ2) is 7.26. The number of carbonyl (C=O) groups excluding carboxylic acids is 2. The van der Waals surface area contributed by atoms with Gasteiger partial charge in [-0.25, -0.2) is 0 Å². The van der Waals surface area contributed by atoms with E-state index in [-0.39, 0.29) is 23.5 Å². The summed E-state index contributed by atoms with van der Waals surface area (Å²) in [5, 5.41) is 0.186. The Bertz CT molecular complexity index is 390. The maximum atomic E-state index is 12.2. The van der Waals surface area contributed by atoms with E-state index in [1.54, 1.807) is 6.92 Å². The number of rotatable bonds is 6. The molecular formula is C17H32O4Si. The summed E-state index contributed by atoms with van der Waals surface area (Å²) in [5.41, 5.74) is -0.620. The average molecular weight is 329 g/mol. The third-order valence-corrected chi connectivity index (χ3v) is 9.87. The van der Waals surface area contributed by atoms with Crippen LogP contribution < -0.4 is 0 Å². The Hall–Kier alpha value is -0.683. The molecule has 1 aliphatic rings. The van der Waals surface area contributed by atoms with Gasteiger partial charge in [-0.15, -0.1) is 0 Å². The van der Waals surface area contributed by atoms with Crippen LogP contribution in [-0.2, 0) is 18.8 Å². The molecule has 0 bridgehead atoms. The maximum Gasteiger partial charge on any atom is 0.312 e. The predicted octanol–water partition coefficient (Wildman–Crippen LogP) is 4.09. The van der Waals surface area contributed by atoms with Crippen molar-refractivity contribution in [3.05, 3.63) is 0 Å². The molecular weight excluding hydrogens is 296 g/mol. The molecule has 128 valence electrons. The molecule has 1 aliphatic carbocycles. The molecule has 1 fully saturated rings. The van der Waals surface area contributed by atoms with Crippen LogP contribution >= 0.6 is 0 Å². The van der Waals surface area contributed by atoms with Gasteiger partial charge in [0.25, 0.3) is 0 Å². The number of hydrogen-bond acceptors (Lipinski definition) is 4. The Morgan fingerprint density at radius 1 is 1.27 bits per heavy atom. The first-order valence-electron chi connectivity index (χ1n) is 8.36. The fourth-order valence-corrected chi connectivity index (χ4v) is 4.21. The molecule has 0 unspecified atom stereocenters. The molecule has 0 saturated heterocycles. The van der Waals surface area contributed by atoms with Gasteiger partial charge >= 0.3 is 5.97 Å². The highest BCUT2D eigenvalue weighted by molar-refractivity contribution is 6.74. The van der Waals surface area contributed by atoms with E-state index >= 15 is 0 Å². The molecule has 0 N–H and O–H groups in total. The SMILES string of the molecule is CCOC(=O)C1(CC=O)CCC(O[Si](C)(C)C(C)(C)C)CC1. The fourth-order valence-electron chi connectivity index (χ4n) is 2.79. The van der Waals surface area contributed by atoms with Crippen molar-refractivity contribution in [2.45, 2.75) is 84.0 Å². The van der Waals surface area contributed by atoms with E-state index in [1.165, 1.54) is 0 Å². The Labute approximate surface area is 136 Å². The third kappa shape index (κ3) is 4.41. The molecule has 0 radical (unpaired) electrons. The summed E-state index contributed by atoms with van der Waals surface area (Å²) in [7, 11) is -1.79. The van der Waals surface area contributed by atoms with Crippen molar-refractivity contribution in [3.63, 3.8) is 0 Å². The molecule has 1 saturated carbocycles. The summed E-state index contributed by atoms with van der Waals surface area (Å²) in [6, 6.07) is 0. The Balaban J connectivity index is 2.71. The molecule has 0 heterocycles. The predicted molar refractivity (Wildman–Crippen MR) is 90.3 cm³/mol. The zero-order chi connectivity index (χ0) is 17.0. The minimum Gasteiger partial charge on any atom is -0.466 e. The molecule has 0 spiro atoms. The van der Waals surface area contributed by atoms with E-state index in [0.717, 1.165) is 19.1 Å². The maximum absolute atomic E-state index is 12.2. The standard InChI is InChI=1S/C17H32O4Si/c1-7-20-15(19)17(12-13-18)10-8-14(9-11-17)21-22(5,6)16(2,3)4/h13-14H,7-12H2,1-6H3. The quantitative estimate of drug-likeness (QED) is 0.419. The number of aldehydes is 1. The van der Waals surface area contributed by atoms with Gasteiger partial charge in [-0.3, -0.25) is 4.79 Å². The number of carbonyl (C=O) groups is 2. The lowest BCUT2D eigenvalue weighted by Gasteiger charge is -2.43.